The molecule has 7 nitrogen and oxygen atoms in total. The number of pyridine rings is 1. The Labute approximate surface area is 225 Å². The number of carbonyl (C=O) groups is 1. The molecule has 1 aromatic heterocycles. The molecule has 0 unspecified atom stereocenters. The molecule has 1 N–H and O–H groups in total. The van der Waals surface area contributed by atoms with Gasteiger partial charge in [-0.15, -0.1) is 0 Å². The van der Waals surface area contributed by atoms with Gasteiger partial charge >= 0.3 is 0 Å². The molecule has 0 aliphatic carbocycles. The van der Waals surface area contributed by atoms with Crippen molar-refractivity contribution in [1.29, 1.82) is 5.26 Å². The molecule has 38 heavy (non-hydrogen) atoms. The van der Waals surface area contributed by atoms with Crippen molar-refractivity contribution in [2.75, 3.05) is 11.1 Å². The highest BCUT2D eigenvalue weighted by atomic mass is 32.2. The van der Waals surface area contributed by atoms with Crippen LogP contribution in [0.2, 0.25) is 0 Å². The minimum Gasteiger partial charge on any atom is -0.325 e. The van der Waals surface area contributed by atoms with Crippen LogP contribution in [0.3, 0.4) is 0 Å². The van der Waals surface area contributed by atoms with E-state index >= 15 is 0 Å². The summed E-state index contributed by atoms with van der Waals surface area (Å²) in [6.45, 7) is 6.46. The lowest BCUT2D eigenvalue weighted by molar-refractivity contribution is -0.384. The van der Waals surface area contributed by atoms with Crippen LogP contribution in [0.4, 0.5) is 11.4 Å². The number of non-ortho nitro benzene ring substituents is 1. The Hall–Kier alpha value is -4.48. The summed E-state index contributed by atoms with van der Waals surface area (Å²) >= 11 is 1.18. The lowest BCUT2D eigenvalue weighted by Gasteiger charge is -2.19. The van der Waals surface area contributed by atoms with E-state index < -0.39 is 4.92 Å². The highest BCUT2D eigenvalue weighted by molar-refractivity contribution is 8.00. The number of carbonyl (C=O) groups excluding carboxylic acids is 1. The molecule has 0 bridgehead atoms. The molecule has 8 heteroatoms. The van der Waals surface area contributed by atoms with Crippen molar-refractivity contribution in [1.82, 2.24) is 4.98 Å². The van der Waals surface area contributed by atoms with Crippen LogP contribution >= 0.6 is 11.8 Å². The van der Waals surface area contributed by atoms with Gasteiger partial charge in [0, 0.05) is 28.9 Å². The zero-order valence-corrected chi connectivity index (χ0v) is 22.1. The summed E-state index contributed by atoms with van der Waals surface area (Å²) in [4.78, 5) is 27.8. The summed E-state index contributed by atoms with van der Waals surface area (Å²) < 4.78 is 0. The number of nitrogens with zero attached hydrogens (tertiary/aromatic N) is 3. The first-order chi connectivity index (χ1) is 18.2. The molecule has 0 atom stereocenters. The van der Waals surface area contributed by atoms with Gasteiger partial charge in [-0.25, -0.2) is 4.98 Å². The fourth-order valence-electron chi connectivity index (χ4n) is 3.87. The molecule has 0 spiro atoms. The normalized spacial score (nSPS) is 11.0. The molecule has 0 fully saturated rings. The second-order valence-corrected chi connectivity index (χ2v) is 10.6. The third kappa shape index (κ3) is 6.25. The first-order valence-corrected chi connectivity index (χ1v) is 12.9. The van der Waals surface area contributed by atoms with Gasteiger partial charge in [0.05, 0.1) is 21.9 Å². The minimum atomic E-state index is -0.496. The molecule has 0 radical (unpaired) electrons. The second kappa shape index (κ2) is 11.3. The predicted molar refractivity (Wildman–Crippen MR) is 151 cm³/mol. The van der Waals surface area contributed by atoms with Crippen molar-refractivity contribution in [3.05, 3.63) is 106 Å². The minimum absolute atomic E-state index is 0.00206. The fraction of sp³-hybridized carbons (Fsp3) is 0.167. The van der Waals surface area contributed by atoms with Gasteiger partial charge in [-0.3, -0.25) is 14.9 Å². The van der Waals surface area contributed by atoms with Gasteiger partial charge in [0.2, 0.25) is 5.91 Å². The van der Waals surface area contributed by atoms with E-state index in [1.165, 1.54) is 41.6 Å². The molecular weight excluding hydrogens is 496 g/mol. The number of benzene rings is 3. The van der Waals surface area contributed by atoms with Gasteiger partial charge in [0.1, 0.15) is 11.1 Å². The number of nitriles is 1. The number of anilines is 1. The highest BCUT2D eigenvalue weighted by Gasteiger charge is 2.19. The Morgan fingerprint density at radius 1 is 1.00 bits per heavy atom. The standard InChI is InChI=1S/C30H26N4O3S/c1-30(2,3)22-11-9-20(10-12-22)25-17-27(21-7-5-4-6-8-21)33-29(26(25)18-31)38-19-28(35)32-23-13-15-24(16-14-23)34(36)37/h4-17H,19H2,1-3H3,(H,32,35). The summed E-state index contributed by atoms with van der Waals surface area (Å²) in [6.07, 6.45) is 0. The van der Waals surface area contributed by atoms with Gasteiger partial charge in [0.25, 0.3) is 5.69 Å². The van der Waals surface area contributed by atoms with Crippen LogP contribution in [-0.4, -0.2) is 21.6 Å². The first-order valence-electron chi connectivity index (χ1n) is 11.9. The average molecular weight is 523 g/mol. The zero-order valence-electron chi connectivity index (χ0n) is 21.3. The summed E-state index contributed by atoms with van der Waals surface area (Å²) in [5.74, 6) is -0.296. The zero-order chi connectivity index (χ0) is 27.3. The van der Waals surface area contributed by atoms with Crippen molar-refractivity contribution in [2.45, 2.75) is 31.2 Å². The predicted octanol–water partition coefficient (Wildman–Crippen LogP) is 7.22. The van der Waals surface area contributed by atoms with Crippen molar-refractivity contribution in [3.63, 3.8) is 0 Å². The number of nitro groups is 1. The number of thioether (sulfide) groups is 1. The van der Waals surface area contributed by atoms with E-state index in [2.05, 4.69) is 44.3 Å². The van der Waals surface area contributed by atoms with Crippen LogP contribution in [-0.2, 0) is 10.2 Å². The summed E-state index contributed by atoms with van der Waals surface area (Å²) in [5, 5.41) is 24.2. The quantitative estimate of drug-likeness (QED) is 0.156. The van der Waals surface area contributed by atoms with Crippen molar-refractivity contribution in [2.24, 2.45) is 0 Å². The molecule has 0 saturated carbocycles. The SMILES string of the molecule is CC(C)(C)c1ccc(-c2cc(-c3ccccc3)nc(SCC(=O)Nc3ccc([N+](=O)[O-])cc3)c2C#N)cc1. The number of nitrogens with one attached hydrogen (secondary N) is 1. The van der Waals surface area contributed by atoms with Crippen LogP contribution < -0.4 is 5.32 Å². The molecule has 0 saturated heterocycles. The van der Waals surface area contributed by atoms with Crippen molar-refractivity contribution in [3.8, 4) is 28.5 Å². The Morgan fingerprint density at radius 2 is 1.66 bits per heavy atom. The Kier molecular flexibility index (Phi) is 7.89. The molecule has 4 aromatic rings. The van der Waals surface area contributed by atoms with Crippen molar-refractivity contribution >= 4 is 29.0 Å². The van der Waals surface area contributed by atoms with E-state index in [1.54, 1.807) is 0 Å². The summed E-state index contributed by atoms with van der Waals surface area (Å²) in [5.41, 5.74) is 5.25. The lowest BCUT2D eigenvalue weighted by Crippen LogP contribution is -2.14. The topological polar surface area (TPSA) is 109 Å². The molecular formula is C30H26N4O3S. The molecule has 190 valence electrons. The number of amides is 1. The van der Waals surface area contributed by atoms with Crippen LogP contribution in [0, 0.1) is 21.4 Å². The van der Waals surface area contributed by atoms with Gasteiger partial charge in [-0.05, 0) is 34.7 Å². The first kappa shape index (κ1) is 26.6. The maximum Gasteiger partial charge on any atom is 0.269 e. The number of aromatic nitrogens is 1. The number of hydrogen-bond donors (Lipinski definition) is 1. The van der Waals surface area contributed by atoms with E-state index in [4.69, 9.17) is 4.98 Å². The molecule has 4 rings (SSSR count). The van der Waals surface area contributed by atoms with E-state index in [9.17, 15) is 20.2 Å². The molecule has 1 amide bonds. The van der Waals surface area contributed by atoms with Crippen LogP contribution in [0.25, 0.3) is 22.4 Å². The van der Waals surface area contributed by atoms with Crippen molar-refractivity contribution < 1.29 is 9.72 Å². The summed E-state index contributed by atoms with van der Waals surface area (Å²) in [6, 6.07) is 27.7. The number of rotatable bonds is 7. The highest BCUT2D eigenvalue weighted by Crippen LogP contribution is 2.35. The number of nitro benzene ring substituents is 1. The van der Waals surface area contributed by atoms with E-state index in [0.29, 0.717) is 22.0 Å². The van der Waals surface area contributed by atoms with E-state index in [1.807, 2.05) is 48.5 Å². The third-order valence-corrected chi connectivity index (χ3v) is 6.91. The average Bonchev–Trinajstić information content (AvgIpc) is 2.91. The second-order valence-electron chi connectivity index (χ2n) is 9.68. The van der Waals surface area contributed by atoms with Gasteiger partial charge in [0.15, 0.2) is 0 Å². The third-order valence-electron chi connectivity index (χ3n) is 5.93. The Balaban J connectivity index is 1.65. The Bertz CT molecular complexity index is 1510. The number of hydrogen-bond acceptors (Lipinski definition) is 6. The van der Waals surface area contributed by atoms with E-state index in [0.717, 1.165) is 16.7 Å². The van der Waals surface area contributed by atoms with Gasteiger partial charge in [-0.2, -0.15) is 5.26 Å². The maximum atomic E-state index is 12.7. The van der Waals surface area contributed by atoms with Crippen LogP contribution in [0.5, 0.6) is 0 Å². The van der Waals surface area contributed by atoms with E-state index in [-0.39, 0.29) is 22.8 Å². The molecule has 0 aliphatic rings. The molecule has 0 aliphatic heterocycles. The van der Waals surface area contributed by atoms with Crippen LogP contribution in [0.1, 0.15) is 31.9 Å². The smallest absolute Gasteiger partial charge is 0.269 e. The van der Waals surface area contributed by atoms with Gasteiger partial charge < -0.3 is 5.32 Å². The largest absolute Gasteiger partial charge is 0.325 e. The summed E-state index contributed by atoms with van der Waals surface area (Å²) in [7, 11) is 0. The molecule has 3 aromatic carbocycles. The monoisotopic (exact) mass is 522 g/mol. The molecule has 1 heterocycles. The Morgan fingerprint density at radius 3 is 2.24 bits per heavy atom. The fourth-order valence-corrected chi connectivity index (χ4v) is 4.67. The van der Waals surface area contributed by atoms with Gasteiger partial charge in [-0.1, -0.05) is 87.1 Å². The lowest BCUT2D eigenvalue weighted by atomic mass is 9.86. The van der Waals surface area contributed by atoms with Crippen LogP contribution in [0.15, 0.2) is 90.0 Å². The maximum absolute atomic E-state index is 12.7.